The molecule has 0 bridgehead atoms. The SMILES string of the molecule is C=COC.CCC(OC)C1C(=O)OC(=O)C1C.O=C1C=CC(=O)O1. The maximum Gasteiger partial charge on any atom is 0.338 e. The molecule has 3 unspecified atom stereocenters. The van der Waals surface area contributed by atoms with Gasteiger partial charge >= 0.3 is 23.9 Å². The summed E-state index contributed by atoms with van der Waals surface area (Å²) >= 11 is 0. The molecule has 0 aliphatic carbocycles. The first-order valence-electron chi connectivity index (χ1n) is 7.18. The van der Waals surface area contributed by atoms with Crippen molar-refractivity contribution in [2.75, 3.05) is 14.2 Å². The van der Waals surface area contributed by atoms with Crippen LogP contribution in [0.5, 0.6) is 0 Å². The third kappa shape index (κ3) is 6.74. The highest BCUT2D eigenvalue weighted by Crippen LogP contribution is 2.28. The van der Waals surface area contributed by atoms with Crippen LogP contribution in [0.3, 0.4) is 0 Å². The van der Waals surface area contributed by atoms with Gasteiger partial charge in [-0.05, 0) is 6.42 Å². The van der Waals surface area contributed by atoms with Crippen LogP contribution in [0.1, 0.15) is 20.3 Å². The van der Waals surface area contributed by atoms with Crippen molar-refractivity contribution >= 4 is 23.9 Å². The Bertz CT molecular complexity index is 488. The van der Waals surface area contributed by atoms with Crippen LogP contribution >= 0.6 is 0 Å². The molecule has 3 atom stereocenters. The van der Waals surface area contributed by atoms with Gasteiger partial charge in [0.1, 0.15) is 0 Å². The van der Waals surface area contributed by atoms with Gasteiger partial charge in [0.2, 0.25) is 0 Å². The molecule has 0 radical (unpaired) electrons. The van der Waals surface area contributed by atoms with Crippen molar-refractivity contribution in [2.24, 2.45) is 11.8 Å². The molecule has 0 aromatic heterocycles. The molecule has 8 nitrogen and oxygen atoms in total. The maximum absolute atomic E-state index is 11.2. The molecule has 1 saturated heterocycles. The summed E-state index contributed by atoms with van der Waals surface area (Å²) in [5.74, 6) is -2.85. The van der Waals surface area contributed by atoms with Crippen LogP contribution in [0.15, 0.2) is 25.0 Å². The monoisotopic (exact) mass is 342 g/mol. The Kier molecular flexibility index (Phi) is 9.97. The third-order valence-corrected chi connectivity index (χ3v) is 3.21. The van der Waals surface area contributed by atoms with E-state index >= 15 is 0 Å². The normalized spacial score (nSPS) is 22.5. The van der Waals surface area contributed by atoms with Crippen LogP contribution in [0.2, 0.25) is 0 Å². The van der Waals surface area contributed by atoms with Gasteiger partial charge in [0.25, 0.3) is 0 Å². The van der Waals surface area contributed by atoms with Gasteiger partial charge in [0.15, 0.2) is 0 Å². The number of carbonyl (C=O) groups is 4. The van der Waals surface area contributed by atoms with Crippen LogP contribution in [0.4, 0.5) is 0 Å². The minimum atomic E-state index is -0.579. The molecule has 0 aromatic rings. The lowest BCUT2D eigenvalue weighted by atomic mass is 9.90. The minimum absolute atomic E-state index is 0.214. The summed E-state index contributed by atoms with van der Waals surface area (Å²) < 4.78 is 17.9. The molecule has 2 aliphatic rings. The van der Waals surface area contributed by atoms with Crippen LogP contribution in [-0.2, 0) is 38.1 Å². The highest BCUT2D eigenvalue weighted by atomic mass is 16.6. The zero-order valence-corrected chi connectivity index (χ0v) is 14.1. The third-order valence-electron chi connectivity index (χ3n) is 3.21. The molecule has 24 heavy (non-hydrogen) atoms. The molecule has 0 amide bonds. The van der Waals surface area contributed by atoms with Gasteiger partial charge in [-0.25, -0.2) is 9.59 Å². The van der Waals surface area contributed by atoms with Gasteiger partial charge < -0.3 is 18.9 Å². The molecule has 2 rings (SSSR count). The number of hydrogen-bond donors (Lipinski definition) is 0. The van der Waals surface area contributed by atoms with E-state index < -0.39 is 29.8 Å². The van der Waals surface area contributed by atoms with Crippen molar-refractivity contribution in [3.8, 4) is 0 Å². The van der Waals surface area contributed by atoms with Crippen molar-refractivity contribution in [3.63, 3.8) is 0 Å². The molecule has 0 saturated carbocycles. The molecule has 0 spiro atoms. The topological polar surface area (TPSA) is 105 Å². The number of cyclic esters (lactones) is 4. The first-order chi connectivity index (χ1) is 11.3. The predicted molar refractivity (Wildman–Crippen MR) is 82.3 cm³/mol. The second kappa shape index (κ2) is 11.1. The first kappa shape index (κ1) is 21.5. The van der Waals surface area contributed by atoms with Crippen molar-refractivity contribution in [1.29, 1.82) is 0 Å². The van der Waals surface area contributed by atoms with E-state index in [1.807, 2.05) is 6.92 Å². The van der Waals surface area contributed by atoms with Crippen molar-refractivity contribution in [2.45, 2.75) is 26.4 Å². The minimum Gasteiger partial charge on any atom is -0.505 e. The maximum atomic E-state index is 11.2. The quantitative estimate of drug-likeness (QED) is 0.425. The Labute approximate surface area is 140 Å². The summed E-state index contributed by atoms with van der Waals surface area (Å²) in [5, 5.41) is 0. The molecule has 8 heteroatoms. The number of carbonyl (C=O) groups excluding carboxylic acids is 4. The zero-order valence-electron chi connectivity index (χ0n) is 14.1. The fourth-order valence-corrected chi connectivity index (χ4v) is 1.96. The number of hydrogen-bond acceptors (Lipinski definition) is 8. The van der Waals surface area contributed by atoms with Gasteiger partial charge in [0.05, 0.1) is 31.3 Å². The Morgan fingerprint density at radius 1 is 1.12 bits per heavy atom. The molecule has 134 valence electrons. The van der Waals surface area contributed by atoms with Crippen LogP contribution in [0.25, 0.3) is 0 Å². The van der Waals surface area contributed by atoms with Crippen LogP contribution < -0.4 is 0 Å². The fraction of sp³-hybridized carbons (Fsp3) is 0.500. The molecular formula is C16H22O8. The molecule has 0 aromatic carbocycles. The average Bonchev–Trinajstić information content (AvgIpc) is 3.05. The van der Waals surface area contributed by atoms with Gasteiger partial charge in [-0.2, -0.15) is 0 Å². The van der Waals surface area contributed by atoms with Gasteiger partial charge in [0, 0.05) is 19.3 Å². The smallest absolute Gasteiger partial charge is 0.338 e. The Morgan fingerprint density at radius 3 is 1.83 bits per heavy atom. The van der Waals surface area contributed by atoms with Crippen molar-refractivity contribution in [1.82, 2.24) is 0 Å². The average molecular weight is 342 g/mol. The summed E-state index contributed by atoms with van der Waals surface area (Å²) in [4.78, 5) is 42.1. The summed E-state index contributed by atoms with van der Waals surface area (Å²) in [5.41, 5.74) is 0. The molecule has 1 fully saturated rings. The number of ether oxygens (including phenoxy) is 4. The van der Waals surface area contributed by atoms with E-state index in [4.69, 9.17) is 4.74 Å². The van der Waals surface area contributed by atoms with E-state index in [2.05, 4.69) is 20.8 Å². The molecule has 0 N–H and O–H groups in total. The largest absolute Gasteiger partial charge is 0.505 e. The highest BCUT2D eigenvalue weighted by Gasteiger charge is 2.45. The highest BCUT2D eigenvalue weighted by molar-refractivity contribution is 6.04. The van der Waals surface area contributed by atoms with E-state index in [1.165, 1.54) is 13.4 Å². The van der Waals surface area contributed by atoms with E-state index in [-0.39, 0.29) is 12.0 Å². The Morgan fingerprint density at radius 2 is 1.62 bits per heavy atom. The van der Waals surface area contributed by atoms with Gasteiger partial charge in [-0.3, -0.25) is 9.59 Å². The number of esters is 4. The van der Waals surface area contributed by atoms with E-state index in [9.17, 15) is 19.2 Å². The summed E-state index contributed by atoms with van der Waals surface area (Å²) in [6, 6.07) is 0. The summed E-state index contributed by atoms with van der Waals surface area (Å²) in [6.07, 6.45) is 4.03. The predicted octanol–water partition coefficient (Wildman–Crippen LogP) is 1.15. The lowest BCUT2D eigenvalue weighted by Gasteiger charge is -2.19. The number of rotatable bonds is 4. The zero-order chi connectivity index (χ0) is 18.7. The van der Waals surface area contributed by atoms with Gasteiger partial charge in [-0.1, -0.05) is 20.4 Å². The standard InChI is InChI=1S/C9H14O4.C4H2O3.C3H6O/c1-4-6(12-3)7-5(2)8(10)13-9(7)11;5-3-1-2-4(6)7-3;1-3-4-2/h5-7H,4H2,1-3H3;1-2H;3H,1H2,2H3. The van der Waals surface area contributed by atoms with Crippen molar-refractivity contribution in [3.05, 3.63) is 25.0 Å². The summed E-state index contributed by atoms with van der Waals surface area (Å²) in [6.45, 7) is 6.86. The second-order valence-electron chi connectivity index (χ2n) is 4.71. The Hall–Kier alpha value is -2.48. The number of methoxy groups -OCH3 is 2. The van der Waals surface area contributed by atoms with E-state index in [1.54, 1.807) is 14.0 Å². The fourth-order valence-electron chi connectivity index (χ4n) is 1.96. The van der Waals surface area contributed by atoms with Crippen LogP contribution in [0, 0.1) is 11.8 Å². The van der Waals surface area contributed by atoms with Crippen LogP contribution in [-0.4, -0.2) is 44.2 Å². The molecule has 2 heterocycles. The van der Waals surface area contributed by atoms with Crippen molar-refractivity contribution < 1.29 is 38.1 Å². The molecule has 2 aliphatic heterocycles. The second-order valence-corrected chi connectivity index (χ2v) is 4.71. The lowest BCUT2D eigenvalue weighted by molar-refractivity contribution is -0.155. The lowest BCUT2D eigenvalue weighted by Crippen LogP contribution is -2.30. The van der Waals surface area contributed by atoms with E-state index in [0.717, 1.165) is 12.2 Å². The Balaban J connectivity index is 0.000000401. The molecular weight excluding hydrogens is 320 g/mol. The van der Waals surface area contributed by atoms with E-state index in [0.29, 0.717) is 6.42 Å². The summed E-state index contributed by atoms with van der Waals surface area (Å²) in [7, 11) is 3.10. The first-order valence-corrected chi connectivity index (χ1v) is 7.18. The van der Waals surface area contributed by atoms with Gasteiger partial charge in [-0.15, -0.1) is 0 Å².